The van der Waals surface area contributed by atoms with Gasteiger partial charge in [0.15, 0.2) is 5.78 Å². The first-order valence-corrected chi connectivity index (χ1v) is 19.6. The van der Waals surface area contributed by atoms with Crippen LogP contribution in [0.1, 0.15) is 90.5 Å². The molecule has 0 spiro atoms. The predicted molar refractivity (Wildman–Crippen MR) is 189 cm³/mol. The third-order valence-corrected chi connectivity index (χ3v) is 12.0. The summed E-state index contributed by atoms with van der Waals surface area (Å²) < 4.78 is 71.1. The molecule has 2 aliphatic heterocycles. The van der Waals surface area contributed by atoms with Gasteiger partial charge in [0, 0.05) is 18.4 Å². The van der Waals surface area contributed by atoms with Crippen molar-refractivity contribution in [2.75, 3.05) is 13.2 Å². The summed E-state index contributed by atoms with van der Waals surface area (Å²) in [6.45, 7) is 9.87. The molecule has 298 valence electrons. The van der Waals surface area contributed by atoms with Gasteiger partial charge in [-0.05, 0) is 62.3 Å². The lowest BCUT2D eigenvalue weighted by Gasteiger charge is -2.34. The Morgan fingerprint density at radius 3 is 2.35 bits per heavy atom. The number of nitrogens with zero attached hydrogens (tertiary/aromatic N) is 1. The first-order valence-electron chi connectivity index (χ1n) is 18.1. The summed E-state index contributed by atoms with van der Waals surface area (Å²) in [5, 5.41) is 8.20. The number of nitrogens with one attached hydrogen (secondary N) is 1. The van der Waals surface area contributed by atoms with Crippen LogP contribution in [0.2, 0.25) is 0 Å². The zero-order valence-corrected chi connectivity index (χ0v) is 31.5. The van der Waals surface area contributed by atoms with Crippen molar-refractivity contribution in [3.05, 3.63) is 48.6 Å². The minimum absolute atomic E-state index is 0.120. The fraction of sp³-hybridized carbons (Fsp3) is 0.605. The number of Topliss-reactive ketones (excluding diaryl/α,β-unsaturated/α-hetero) is 1. The van der Waals surface area contributed by atoms with Gasteiger partial charge in [0.2, 0.25) is 21.8 Å². The molecule has 1 aromatic carbocycles. The fourth-order valence-corrected chi connectivity index (χ4v) is 8.16. The van der Waals surface area contributed by atoms with Crippen LogP contribution in [0.3, 0.4) is 0 Å². The fourth-order valence-electron chi connectivity index (χ4n) is 6.77. The van der Waals surface area contributed by atoms with E-state index in [4.69, 9.17) is 19.4 Å². The summed E-state index contributed by atoms with van der Waals surface area (Å²) in [5.74, 6) is -5.34. The molecule has 54 heavy (non-hydrogen) atoms. The Kier molecular flexibility index (Phi) is 13.4. The van der Waals surface area contributed by atoms with Gasteiger partial charge in [-0.1, -0.05) is 57.2 Å². The molecule has 4 aliphatic rings. The van der Waals surface area contributed by atoms with E-state index in [-0.39, 0.29) is 50.0 Å². The SMILES string of the molecule is C=C[C@@H]1C[C@]1(CC(=O)[C@@H]1C[C@@H]2CN1C(=O)[C@H](C(C)(C)C)CC(=O)OCCCCC/C=C/c1ccccc1O2)C(=O)NS(=O)(=O)C1CC1.O=C([O-])C(F)(F)F. The molecule has 1 N–H and O–H groups in total. The number of fused-ring (bicyclic) bond motifs is 3. The topological polar surface area (TPSA) is 176 Å². The number of carbonyl (C=O) groups excluding carboxylic acids is 5. The van der Waals surface area contributed by atoms with E-state index in [9.17, 15) is 40.8 Å². The molecule has 5 atom stereocenters. The normalized spacial score (nSPS) is 27.3. The number of hydrogen-bond acceptors (Lipinski definition) is 10. The number of esters is 1. The van der Waals surface area contributed by atoms with Crippen LogP contribution < -0.4 is 14.6 Å². The van der Waals surface area contributed by atoms with Gasteiger partial charge in [0.05, 0.1) is 42.2 Å². The van der Waals surface area contributed by atoms with E-state index in [0.29, 0.717) is 25.0 Å². The Bertz CT molecular complexity index is 1730. The van der Waals surface area contributed by atoms with Crippen molar-refractivity contribution in [1.29, 1.82) is 0 Å². The second-order valence-electron chi connectivity index (χ2n) is 15.4. The van der Waals surface area contributed by atoms with Crippen LogP contribution in [0.15, 0.2) is 43.0 Å². The van der Waals surface area contributed by atoms with E-state index >= 15 is 0 Å². The minimum atomic E-state index is -5.19. The summed E-state index contributed by atoms with van der Waals surface area (Å²) in [6, 6.07) is 6.71. The van der Waals surface area contributed by atoms with Crippen LogP contribution in [-0.4, -0.2) is 79.6 Å². The van der Waals surface area contributed by atoms with Crippen molar-refractivity contribution in [1.82, 2.24) is 9.62 Å². The van der Waals surface area contributed by atoms with Crippen molar-refractivity contribution < 1.29 is 60.1 Å². The Hall–Kier alpha value is -4.21. The molecular weight excluding hydrogens is 733 g/mol. The monoisotopic (exact) mass is 781 g/mol. The number of allylic oxidation sites excluding steroid dienone is 2. The Morgan fingerprint density at radius 1 is 1.09 bits per heavy atom. The summed E-state index contributed by atoms with van der Waals surface area (Å²) in [7, 11) is -3.82. The second-order valence-corrected chi connectivity index (χ2v) is 17.4. The first kappa shape index (κ1) is 42.5. The summed E-state index contributed by atoms with van der Waals surface area (Å²) >= 11 is 0. The number of sulfonamides is 1. The van der Waals surface area contributed by atoms with E-state index in [2.05, 4.69) is 17.4 Å². The molecule has 2 amide bonds. The molecule has 3 fully saturated rings. The number of rotatable bonds is 7. The molecule has 2 heterocycles. The van der Waals surface area contributed by atoms with E-state index in [1.807, 2.05) is 51.1 Å². The number of ether oxygens (including phenoxy) is 2. The van der Waals surface area contributed by atoms with Gasteiger partial charge in [-0.15, -0.1) is 6.58 Å². The third-order valence-electron chi connectivity index (χ3n) is 10.2. The molecule has 2 aliphatic carbocycles. The lowest BCUT2D eigenvalue weighted by molar-refractivity contribution is -0.344. The van der Waals surface area contributed by atoms with Gasteiger partial charge in [-0.3, -0.25) is 23.9 Å². The van der Waals surface area contributed by atoms with Crippen LogP contribution in [0.4, 0.5) is 13.2 Å². The van der Waals surface area contributed by atoms with Crippen molar-refractivity contribution in [2.24, 2.45) is 22.7 Å². The average molecular weight is 782 g/mol. The highest BCUT2D eigenvalue weighted by Gasteiger charge is 2.61. The van der Waals surface area contributed by atoms with Gasteiger partial charge < -0.3 is 24.3 Å². The Morgan fingerprint density at radius 2 is 1.76 bits per heavy atom. The number of halogens is 3. The average Bonchev–Trinajstić information content (AvgIpc) is 4.01. The maximum absolute atomic E-state index is 14.4. The number of carbonyl (C=O) groups is 5. The van der Waals surface area contributed by atoms with Crippen molar-refractivity contribution in [2.45, 2.75) is 109 Å². The van der Waals surface area contributed by atoms with Crippen LogP contribution in [0.25, 0.3) is 6.08 Å². The number of benzene rings is 1. The lowest BCUT2D eigenvalue weighted by atomic mass is 9.77. The van der Waals surface area contributed by atoms with Gasteiger partial charge >= 0.3 is 12.1 Å². The van der Waals surface area contributed by atoms with Crippen molar-refractivity contribution in [3.8, 4) is 5.75 Å². The number of amides is 2. The molecule has 2 saturated carbocycles. The van der Waals surface area contributed by atoms with Gasteiger partial charge in [0.25, 0.3) is 0 Å². The molecule has 1 saturated heterocycles. The highest BCUT2D eigenvalue weighted by molar-refractivity contribution is 7.90. The van der Waals surface area contributed by atoms with Crippen molar-refractivity contribution in [3.63, 3.8) is 0 Å². The zero-order valence-electron chi connectivity index (χ0n) is 30.7. The minimum Gasteiger partial charge on any atom is -0.542 e. The molecule has 0 unspecified atom stereocenters. The van der Waals surface area contributed by atoms with E-state index in [1.165, 1.54) is 4.90 Å². The lowest BCUT2D eigenvalue weighted by Crippen LogP contribution is -2.48. The highest BCUT2D eigenvalue weighted by Crippen LogP contribution is 2.57. The van der Waals surface area contributed by atoms with E-state index in [0.717, 1.165) is 31.2 Å². The molecule has 0 aromatic heterocycles. The molecule has 12 nitrogen and oxygen atoms in total. The summed E-state index contributed by atoms with van der Waals surface area (Å²) in [5.41, 5.74) is -0.975. The molecule has 2 bridgehead atoms. The van der Waals surface area contributed by atoms with Crippen LogP contribution >= 0.6 is 0 Å². The highest BCUT2D eigenvalue weighted by atomic mass is 32.2. The Balaban J connectivity index is 0.000000845. The third kappa shape index (κ3) is 10.9. The number of cyclic esters (lactones) is 1. The summed E-state index contributed by atoms with van der Waals surface area (Å²) in [4.78, 5) is 65.3. The molecule has 1 aromatic rings. The van der Waals surface area contributed by atoms with Crippen LogP contribution in [0.5, 0.6) is 5.75 Å². The zero-order chi connectivity index (χ0) is 40.1. The maximum Gasteiger partial charge on any atom is 0.430 e. The first-order chi connectivity index (χ1) is 25.2. The summed E-state index contributed by atoms with van der Waals surface area (Å²) in [6.07, 6.45) is 4.52. The number of carboxylic acids is 1. The van der Waals surface area contributed by atoms with Crippen LogP contribution in [-0.2, 0) is 38.7 Å². The molecule has 16 heteroatoms. The molecule has 0 radical (unpaired) electrons. The number of para-hydroxylation sites is 1. The van der Waals surface area contributed by atoms with E-state index in [1.54, 1.807) is 6.08 Å². The smallest absolute Gasteiger partial charge is 0.430 e. The second kappa shape index (κ2) is 17.1. The van der Waals surface area contributed by atoms with Crippen molar-refractivity contribution >= 4 is 45.6 Å². The number of hydrogen-bond donors (Lipinski definition) is 1. The number of aliphatic carboxylic acids is 1. The maximum atomic E-state index is 14.4. The predicted octanol–water partition coefficient (Wildman–Crippen LogP) is 4.28. The van der Waals surface area contributed by atoms with Gasteiger partial charge in [0.1, 0.15) is 17.8 Å². The standard InChI is InChI=1S/C36H48N2O8S.C2HF3O2/c1-5-25-21-36(25,34(42)37-47(43,44)27-16-17-27)22-30(39)29-19-26-23-38(29)33(41)28(35(2,3)4)20-32(40)45-18-12-8-6-7-9-13-24-14-10-11-15-31(24)46-26;3-2(4,5)1(6)7/h5,9-11,13-15,25-29H,1,6-8,12,16-23H2,2-4H3,(H,37,42);(H,6,7)/p-1/b13-9+;/t25-,26-,28-,29+,36-;/m1./s1. The van der Waals surface area contributed by atoms with Crippen LogP contribution in [0, 0.1) is 22.7 Å². The quantitative estimate of drug-likeness (QED) is 0.311. The largest absolute Gasteiger partial charge is 0.542 e. The Labute approximate surface area is 313 Å². The molecule has 5 rings (SSSR count). The number of carboxylic acid groups (broad SMARTS) is 1. The number of alkyl halides is 3. The van der Waals surface area contributed by atoms with Gasteiger partial charge in [-0.2, -0.15) is 13.2 Å². The molecular formula is C38H48F3N2O10S-. The van der Waals surface area contributed by atoms with Gasteiger partial charge in [-0.25, -0.2) is 8.42 Å². The van der Waals surface area contributed by atoms with E-state index < -0.39 is 68.2 Å². The number of ketones is 1.